The number of para-hydroxylation sites is 1. The van der Waals surface area contributed by atoms with E-state index in [4.69, 9.17) is 0 Å². The van der Waals surface area contributed by atoms with E-state index in [1.54, 1.807) is 24.3 Å². The Morgan fingerprint density at radius 2 is 1.28 bits per heavy atom. The van der Waals surface area contributed by atoms with Gasteiger partial charge >= 0.3 is 6.03 Å². The molecular formula is C20H17N3O5S. The Kier molecular flexibility index (Phi) is 5.79. The minimum absolute atomic E-state index is 0.0883. The summed E-state index contributed by atoms with van der Waals surface area (Å²) in [6, 6.07) is 18.9. The van der Waals surface area contributed by atoms with Crippen molar-refractivity contribution in [2.75, 3.05) is 10.6 Å². The molecule has 29 heavy (non-hydrogen) atoms. The third-order valence-corrected chi connectivity index (χ3v) is 5.16. The third-order valence-electron chi connectivity index (χ3n) is 3.81. The molecule has 3 aromatic rings. The molecular weight excluding hydrogens is 394 g/mol. The molecule has 0 aliphatic rings. The first-order valence-electron chi connectivity index (χ1n) is 8.43. The summed E-state index contributed by atoms with van der Waals surface area (Å²) >= 11 is 0. The van der Waals surface area contributed by atoms with Crippen molar-refractivity contribution in [1.82, 2.24) is 4.72 Å². The molecule has 0 bridgehead atoms. The lowest BCUT2D eigenvalue weighted by molar-refractivity contribution is 0.0981. The number of sulfonamides is 1. The summed E-state index contributed by atoms with van der Waals surface area (Å²) in [5, 5.41) is 14.5. The molecule has 0 aromatic heterocycles. The van der Waals surface area contributed by atoms with E-state index in [1.165, 1.54) is 48.5 Å². The predicted molar refractivity (Wildman–Crippen MR) is 108 cm³/mol. The first-order valence-corrected chi connectivity index (χ1v) is 9.91. The Morgan fingerprint density at radius 1 is 0.724 bits per heavy atom. The Labute approximate surface area is 167 Å². The van der Waals surface area contributed by atoms with E-state index in [0.717, 1.165) is 0 Å². The first kappa shape index (κ1) is 19.9. The summed E-state index contributed by atoms with van der Waals surface area (Å²) in [5.74, 6) is -0.909. The molecule has 8 nitrogen and oxygen atoms in total. The van der Waals surface area contributed by atoms with Crippen LogP contribution in [0, 0.1) is 0 Å². The number of amides is 3. The van der Waals surface area contributed by atoms with Gasteiger partial charge in [-0.25, -0.2) is 17.9 Å². The summed E-state index contributed by atoms with van der Waals surface area (Å²) in [5.41, 5.74) is 1.15. The van der Waals surface area contributed by atoms with Crippen molar-refractivity contribution in [3.05, 3.63) is 84.4 Å². The summed E-state index contributed by atoms with van der Waals surface area (Å²) in [6.45, 7) is 0. The second kappa shape index (κ2) is 8.44. The molecule has 9 heteroatoms. The Hall–Kier alpha value is -3.85. The van der Waals surface area contributed by atoms with Crippen molar-refractivity contribution in [3.8, 4) is 5.75 Å². The third kappa shape index (κ3) is 5.33. The van der Waals surface area contributed by atoms with Gasteiger partial charge in [-0.1, -0.05) is 18.2 Å². The molecule has 0 heterocycles. The highest BCUT2D eigenvalue weighted by atomic mass is 32.2. The zero-order valence-electron chi connectivity index (χ0n) is 15.0. The minimum atomic E-state index is -4.08. The number of carbonyl (C=O) groups excluding carboxylic acids is 2. The highest BCUT2D eigenvalue weighted by Crippen LogP contribution is 2.16. The van der Waals surface area contributed by atoms with Crippen LogP contribution in [-0.4, -0.2) is 25.5 Å². The maximum Gasteiger partial charge on any atom is 0.323 e. The van der Waals surface area contributed by atoms with Gasteiger partial charge in [-0.3, -0.25) is 4.79 Å². The van der Waals surface area contributed by atoms with Crippen LogP contribution in [-0.2, 0) is 10.0 Å². The highest BCUT2D eigenvalue weighted by Gasteiger charge is 2.18. The molecule has 0 saturated carbocycles. The van der Waals surface area contributed by atoms with Gasteiger partial charge in [0.1, 0.15) is 5.75 Å². The summed E-state index contributed by atoms with van der Waals surface area (Å²) in [4.78, 5) is 24.1. The van der Waals surface area contributed by atoms with E-state index in [-0.39, 0.29) is 16.2 Å². The lowest BCUT2D eigenvalue weighted by atomic mass is 10.2. The van der Waals surface area contributed by atoms with Gasteiger partial charge in [-0.05, 0) is 60.7 Å². The molecule has 148 valence electrons. The van der Waals surface area contributed by atoms with Crippen LogP contribution in [0.1, 0.15) is 10.4 Å². The first-order chi connectivity index (χ1) is 13.8. The lowest BCUT2D eigenvalue weighted by Crippen LogP contribution is -2.30. The fraction of sp³-hybridized carbons (Fsp3) is 0. The number of hydrogen-bond donors (Lipinski definition) is 4. The van der Waals surface area contributed by atoms with Gasteiger partial charge in [0.2, 0.25) is 0 Å². The maximum absolute atomic E-state index is 12.2. The van der Waals surface area contributed by atoms with Crippen molar-refractivity contribution < 1.29 is 23.1 Å². The fourth-order valence-corrected chi connectivity index (χ4v) is 3.36. The largest absolute Gasteiger partial charge is 0.508 e. The van der Waals surface area contributed by atoms with E-state index < -0.39 is 22.0 Å². The van der Waals surface area contributed by atoms with Crippen LogP contribution in [0.25, 0.3) is 0 Å². The van der Waals surface area contributed by atoms with Crippen LogP contribution in [0.3, 0.4) is 0 Å². The number of phenolic OH excluding ortho intramolecular Hbond substituents is 1. The number of hydrogen-bond acceptors (Lipinski definition) is 5. The quantitative estimate of drug-likeness (QED) is 0.513. The monoisotopic (exact) mass is 411 g/mol. The second-order valence-electron chi connectivity index (χ2n) is 5.95. The minimum Gasteiger partial charge on any atom is -0.508 e. The molecule has 0 unspecified atom stereocenters. The zero-order valence-corrected chi connectivity index (χ0v) is 15.8. The topological polar surface area (TPSA) is 125 Å². The van der Waals surface area contributed by atoms with Gasteiger partial charge < -0.3 is 15.7 Å². The summed E-state index contributed by atoms with van der Waals surface area (Å²) in [7, 11) is -4.08. The van der Waals surface area contributed by atoms with E-state index in [2.05, 4.69) is 10.6 Å². The standard InChI is InChI=1S/C20H17N3O5S/c24-17-10-12-18(13-11-17)29(27,28)23-19(25)14-6-8-16(9-7-14)22-20(26)21-15-4-2-1-3-5-15/h1-13,24H,(H,23,25)(H2,21,22,26). The van der Waals surface area contributed by atoms with Crippen LogP contribution in [0.4, 0.5) is 16.2 Å². The number of phenols is 1. The molecule has 0 saturated heterocycles. The summed E-state index contributed by atoms with van der Waals surface area (Å²) in [6.07, 6.45) is 0. The average Bonchev–Trinajstić information content (AvgIpc) is 2.69. The molecule has 0 fully saturated rings. The molecule has 3 amide bonds. The average molecular weight is 411 g/mol. The Bertz CT molecular complexity index is 1110. The molecule has 3 rings (SSSR count). The van der Waals surface area contributed by atoms with Crippen molar-refractivity contribution >= 4 is 33.3 Å². The molecule has 0 atom stereocenters. The van der Waals surface area contributed by atoms with Gasteiger partial charge in [0.15, 0.2) is 0 Å². The Morgan fingerprint density at radius 3 is 1.86 bits per heavy atom. The van der Waals surface area contributed by atoms with Crippen molar-refractivity contribution in [1.29, 1.82) is 0 Å². The van der Waals surface area contributed by atoms with Gasteiger partial charge in [-0.15, -0.1) is 0 Å². The number of benzene rings is 3. The molecule has 4 N–H and O–H groups in total. The number of anilines is 2. The van der Waals surface area contributed by atoms with Gasteiger partial charge in [-0.2, -0.15) is 0 Å². The number of urea groups is 1. The lowest BCUT2D eigenvalue weighted by Gasteiger charge is -2.09. The van der Waals surface area contributed by atoms with Crippen LogP contribution >= 0.6 is 0 Å². The molecule has 0 aliphatic carbocycles. The zero-order chi connectivity index (χ0) is 20.9. The number of nitrogens with one attached hydrogen (secondary N) is 3. The van der Waals surface area contributed by atoms with Crippen molar-refractivity contribution in [2.24, 2.45) is 0 Å². The van der Waals surface area contributed by atoms with Crippen LogP contribution in [0.5, 0.6) is 5.75 Å². The normalized spacial score (nSPS) is 10.8. The van der Waals surface area contributed by atoms with E-state index in [0.29, 0.717) is 11.4 Å². The maximum atomic E-state index is 12.2. The fourth-order valence-electron chi connectivity index (χ4n) is 2.39. The van der Waals surface area contributed by atoms with Crippen LogP contribution in [0.2, 0.25) is 0 Å². The number of carbonyl (C=O) groups is 2. The summed E-state index contributed by atoms with van der Waals surface area (Å²) < 4.78 is 26.4. The van der Waals surface area contributed by atoms with Gasteiger partial charge in [0.05, 0.1) is 4.90 Å². The molecule has 3 aromatic carbocycles. The SMILES string of the molecule is O=C(Nc1ccccc1)Nc1ccc(C(=O)NS(=O)(=O)c2ccc(O)cc2)cc1. The molecule has 0 radical (unpaired) electrons. The molecule has 0 spiro atoms. The van der Waals surface area contributed by atoms with Gasteiger partial charge in [0.25, 0.3) is 15.9 Å². The molecule has 0 aliphatic heterocycles. The van der Waals surface area contributed by atoms with Gasteiger partial charge in [0, 0.05) is 16.9 Å². The van der Waals surface area contributed by atoms with E-state index in [9.17, 15) is 23.1 Å². The predicted octanol–water partition coefficient (Wildman–Crippen LogP) is 3.15. The van der Waals surface area contributed by atoms with E-state index >= 15 is 0 Å². The second-order valence-corrected chi connectivity index (χ2v) is 7.63. The van der Waals surface area contributed by atoms with Crippen molar-refractivity contribution in [3.63, 3.8) is 0 Å². The Balaban J connectivity index is 1.62. The van der Waals surface area contributed by atoms with E-state index in [1.807, 2.05) is 10.8 Å². The number of rotatable bonds is 5. The highest BCUT2D eigenvalue weighted by molar-refractivity contribution is 7.90. The van der Waals surface area contributed by atoms with Crippen LogP contribution < -0.4 is 15.4 Å². The number of aromatic hydroxyl groups is 1. The van der Waals surface area contributed by atoms with Crippen LogP contribution in [0.15, 0.2) is 83.8 Å². The smallest absolute Gasteiger partial charge is 0.323 e. The van der Waals surface area contributed by atoms with Crippen molar-refractivity contribution in [2.45, 2.75) is 4.90 Å².